The molecule has 1 heteroatoms. The Morgan fingerprint density at radius 2 is 1.50 bits per heavy atom. The molecule has 0 aromatic rings. The van der Waals surface area contributed by atoms with Crippen LogP contribution in [0.4, 0.5) is 0 Å². The van der Waals surface area contributed by atoms with Gasteiger partial charge in [0.1, 0.15) is 0 Å². The maximum atomic E-state index is 2.69. The number of piperidine rings is 1. The van der Waals surface area contributed by atoms with Crippen molar-refractivity contribution in [2.24, 2.45) is 0 Å². The Labute approximate surface area is 90.9 Å². The first kappa shape index (κ1) is 14.0. The largest absolute Gasteiger partial charge is 0.298 e. The van der Waals surface area contributed by atoms with Crippen molar-refractivity contribution in [2.45, 2.75) is 72.3 Å². The molecule has 1 saturated heterocycles. The van der Waals surface area contributed by atoms with E-state index in [4.69, 9.17) is 0 Å². The van der Waals surface area contributed by atoms with E-state index >= 15 is 0 Å². The van der Waals surface area contributed by atoms with Crippen LogP contribution in [0, 0.1) is 0 Å². The molecule has 0 amide bonds. The minimum absolute atomic E-state index is 0.729. The Kier molecular flexibility index (Phi) is 7.26. The van der Waals surface area contributed by atoms with Crippen molar-refractivity contribution < 1.29 is 0 Å². The normalized spacial score (nSPS) is 22.9. The van der Waals surface area contributed by atoms with Crippen LogP contribution in [0.1, 0.15) is 66.7 Å². The molecule has 0 radical (unpaired) electrons. The highest BCUT2D eigenvalue weighted by Crippen LogP contribution is 2.47. The van der Waals surface area contributed by atoms with Gasteiger partial charge in [0, 0.05) is 5.54 Å². The maximum absolute atomic E-state index is 2.69. The molecular formula is C13H29N. The Morgan fingerprint density at radius 3 is 1.86 bits per heavy atom. The Hall–Kier alpha value is -0.0400. The first-order chi connectivity index (χ1) is 6.87. The molecule has 1 nitrogen and oxygen atoms in total. The van der Waals surface area contributed by atoms with Crippen LogP contribution in [-0.4, -0.2) is 23.5 Å². The average Bonchev–Trinajstić information content (AvgIpc) is 3.05. The third-order valence-corrected chi connectivity index (χ3v) is 3.20. The van der Waals surface area contributed by atoms with Crippen LogP contribution < -0.4 is 0 Å². The lowest BCUT2D eigenvalue weighted by Crippen LogP contribution is -2.41. The molecule has 1 spiro atoms. The van der Waals surface area contributed by atoms with Crippen molar-refractivity contribution in [3.05, 3.63) is 0 Å². The lowest BCUT2D eigenvalue weighted by Gasteiger charge is -2.35. The standard InChI is InChI=1S/C9H17N.2C2H6/c1-2-10-8-4-3-5-9(10)6-7-9;2*1-2/h2-8H2,1H3;2*1-2H3. The van der Waals surface area contributed by atoms with E-state index in [9.17, 15) is 0 Å². The molecule has 0 unspecified atom stereocenters. The highest BCUT2D eigenvalue weighted by atomic mass is 15.2. The summed E-state index contributed by atoms with van der Waals surface area (Å²) in [5.74, 6) is 0. The van der Waals surface area contributed by atoms with E-state index in [-0.39, 0.29) is 0 Å². The summed E-state index contributed by atoms with van der Waals surface area (Å²) in [4.78, 5) is 2.69. The molecule has 86 valence electrons. The summed E-state index contributed by atoms with van der Waals surface area (Å²) >= 11 is 0. The lowest BCUT2D eigenvalue weighted by atomic mass is 10.0. The fourth-order valence-electron chi connectivity index (χ4n) is 2.36. The molecule has 1 aliphatic carbocycles. The first-order valence-corrected chi connectivity index (χ1v) is 6.62. The molecule has 2 rings (SSSR count). The monoisotopic (exact) mass is 199 g/mol. The molecule has 1 saturated carbocycles. The molecule has 0 aromatic heterocycles. The molecule has 0 atom stereocenters. The molecule has 0 aromatic carbocycles. The van der Waals surface area contributed by atoms with Gasteiger partial charge in [0.05, 0.1) is 0 Å². The molecule has 2 aliphatic rings. The zero-order chi connectivity index (χ0) is 11.0. The molecular weight excluding hydrogens is 170 g/mol. The van der Waals surface area contributed by atoms with Crippen LogP contribution in [0.3, 0.4) is 0 Å². The minimum Gasteiger partial charge on any atom is -0.298 e. The van der Waals surface area contributed by atoms with Gasteiger partial charge >= 0.3 is 0 Å². The smallest absolute Gasteiger partial charge is 0.0210 e. The molecule has 0 bridgehead atoms. The second kappa shape index (κ2) is 7.28. The van der Waals surface area contributed by atoms with Gasteiger partial charge < -0.3 is 0 Å². The number of nitrogens with zero attached hydrogens (tertiary/aromatic N) is 1. The van der Waals surface area contributed by atoms with E-state index in [1.165, 1.54) is 45.2 Å². The van der Waals surface area contributed by atoms with Gasteiger partial charge in [0.25, 0.3) is 0 Å². The topological polar surface area (TPSA) is 3.24 Å². The van der Waals surface area contributed by atoms with Gasteiger partial charge in [0.2, 0.25) is 0 Å². The van der Waals surface area contributed by atoms with E-state index in [0.717, 1.165) is 5.54 Å². The zero-order valence-corrected chi connectivity index (χ0v) is 10.9. The van der Waals surface area contributed by atoms with Crippen molar-refractivity contribution in [1.82, 2.24) is 4.90 Å². The predicted molar refractivity (Wildman–Crippen MR) is 65.8 cm³/mol. The van der Waals surface area contributed by atoms with E-state index < -0.39 is 0 Å². The summed E-state index contributed by atoms with van der Waals surface area (Å²) in [7, 11) is 0. The number of likely N-dealkylation sites (tertiary alicyclic amines) is 1. The third kappa shape index (κ3) is 3.27. The maximum Gasteiger partial charge on any atom is 0.0210 e. The molecule has 2 fully saturated rings. The van der Waals surface area contributed by atoms with Gasteiger partial charge in [-0.25, -0.2) is 0 Å². The fourth-order valence-corrected chi connectivity index (χ4v) is 2.36. The summed E-state index contributed by atoms with van der Waals surface area (Å²) < 4.78 is 0. The molecule has 14 heavy (non-hydrogen) atoms. The van der Waals surface area contributed by atoms with E-state index in [2.05, 4.69) is 11.8 Å². The summed E-state index contributed by atoms with van der Waals surface area (Å²) in [6.07, 6.45) is 7.38. The highest BCUT2D eigenvalue weighted by Gasteiger charge is 2.47. The van der Waals surface area contributed by atoms with E-state index in [1.54, 1.807) is 0 Å². The summed E-state index contributed by atoms with van der Waals surface area (Å²) in [5, 5.41) is 0. The number of rotatable bonds is 1. The molecule has 1 aliphatic heterocycles. The Bertz CT molecular complexity index is 127. The Balaban J connectivity index is 0.000000379. The average molecular weight is 199 g/mol. The van der Waals surface area contributed by atoms with E-state index in [0.29, 0.717) is 0 Å². The van der Waals surface area contributed by atoms with Gasteiger partial charge in [-0.3, -0.25) is 4.90 Å². The van der Waals surface area contributed by atoms with Crippen LogP contribution in [0.15, 0.2) is 0 Å². The summed E-state index contributed by atoms with van der Waals surface area (Å²) in [6, 6.07) is 0. The zero-order valence-electron chi connectivity index (χ0n) is 10.9. The van der Waals surface area contributed by atoms with Crippen LogP contribution in [0.5, 0.6) is 0 Å². The number of hydrogen-bond donors (Lipinski definition) is 0. The van der Waals surface area contributed by atoms with Crippen molar-refractivity contribution in [3.63, 3.8) is 0 Å². The van der Waals surface area contributed by atoms with Crippen LogP contribution >= 0.6 is 0 Å². The van der Waals surface area contributed by atoms with Crippen LogP contribution in [0.2, 0.25) is 0 Å². The van der Waals surface area contributed by atoms with Crippen molar-refractivity contribution in [3.8, 4) is 0 Å². The van der Waals surface area contributed by atoms with Gasteiger partial charge in [-0.15, -0.1) is 0 Å². The van der Waals surface area contributed by atoms with Crippen LogP contribution in [-0.2, 0) is 0 Å². The van der Waals surface area contributed by atoms with Gasteiger partial charge in [-0.1, -0.05) is 41.0 Å². The second-order valence-corrected chi connectivity index (χ2v) is 3.76. The Morgan fingerprint density at radius 1 is 0.929 bits per heavy atom. The lowest BCUT2D eigenvalue weighted by molar-refractivity contribution is 0.137. The first-order valence-electron chi connectivity index (χ1n) is 6.62. The van der Waals surface area contributed by atoms with Gasteiger partial charge in [-0.05, 0) is 38.8 Å². The van der Waals surface area contributed by atoms with Crippen molar-refractivity contribution in [2.75, 3.05) is 13.1 Å². The predicted octanol–water partition coefficient (Wildman–Crippen LogP) is 4.08. The van der Waals surface area contributed by atoms with Gasteiger partial charge in [0.15, 0.2) is 0 Å². The van der Waals surface area contributed by atoms with Crippen molar-refractivity contribution >= 4 is 0 Å². The summed E-state index contributed by atoms with van der Waals surface area (Å²) in [5.41, 5.74) is 0.729. The van der Waals surface area contributed by atoms with Gasteiger partial charge in [-0.2, -0.15) is 0 Å². The summed E-state index contributed by atoms with van der Waals surface area (Å²) in [6.45, 7) is 12.9. The quantitative estimate of drug-likeness (QED) is 0.615. The van der Waals surface area contributed by atoms with E-state index in [1.807, 2.05) is 27.7 Å². The molecule has 0 N–H and O–H groups in total. The number of hydrogen-bond acceptors (Lipinski definition) is 1. The second-order valence-electron chi connectivity index (χ2n) is 3.76. The highest BCUT2D eigenvalue weighted by molar-refractivity contribution is 5.04. The van der Waals surface area contributed by atoms with Crippen molar-refractivity contribution in [1.29, 1.82) is 0 Å². The molecule has 1 heterocycles. The third-order valence-electron chi connectivity index (χ3n) is 3.20. The SMILES string of the molecule is CC.CC.CCN1CCCCC12CC2. The fraction of sp³-hybridized carbons (Fsp3) is 1.00. The minimum atomic E-state index is 0.729. The van der Waals surface area contributed by atoms with Crippen LogP contribution in [0.25, 0.3) is 0 Å².